The van der Waals surface area contributed by atoms with E-state index in [0.29, 0.717) is 12.5 Å². The standard InChI is InChI=1S/C9H18N2O/c10-5-6-11-7-8-1-3-9(12)4-2-8/h6,8-9,12H,1-5,7,10H2. The predicted octanol–water partition coefficient (Wildman–Crippen LogP) is 0.567. The Bertz CT molecular complexity index is 139. The van der Waals surface area contributed by atoms with Crippen LogP contribution in [0.15, 0.2) is 4.99 Å². The molecule has 0 amide bonds. The van der Waals surface area contributed by atoms with Gasteiger partial charge in [-0.05, 0) is 31.6 Å². The smallest absolute Gasteiger partial charge is 0.0540 e. The molecule has 70 valence electrons. The lowest BCUT2D eigenvalue weighted by Gasteiger charge is -2.23. The molecule has 1 aliphatic carbocycles. The molecule has 1 aliphatic rings. The number of rotatable bonds is 3. The molecular formula is C9H18N2O. The minimum Gasteiger partial charge on any atom is -0.393 e. The fourth-order valence-corrected chi connectivity index (χ4v) is 1.63. The van der Waals surface area contributed by atoms with Crippen molar-refractivity contribution < 1.29 is 5.11 Å². The Labute approximate surface area is 73.7 Å². The Morgan fingerprint density at radius 3 is 2.58 bits per heavy atom. The van der Waals surface area contributed by atoms with Gasteiger partial charge in [0.05, 0.1) is 6.10 Å². The van der Waals surface area contributed by atoms with Crippen LogP contribution in [0.5, 0.6) is 0 Å². The molecule has 1 saturated carbocycles. The minimum atomic E-state index is -0.0558. The quantitative estimate of drug-likeness (QED) is 0.608. The number of hydrogen-bond donors (Lipinski definition) is 2. The molecule has 1 rings (SSSR count). The Hall–Kier alpha value is -0.410. The van der Waals surface area contributed by atoms with Crippen LogP contribution in [0, 0.1) is 5.92 Å². The van der Waals surface area contributed by atoms with Crippen molar-refractivity contribution in [1.82, 2.24) is 0 Å². The van der Waals surface area contributed by atoms with E-state index >= 15 is 0 Å². The molecular weight excluding hydrogens is 152 g/mol. The fraction of sp³-hybridized carbons (Fsp3) is 0.889. The lowest BCUT2D eigenvalue weighted by Crippen LogP contribution is -2.20. The van der Waals surface area contributed by atoms with Crippen molar-refractivity contribution in [2.75, 3.05) is 13.1 Å². The molecule has 0 aromatic rings. The maximum absolute atomic E-state index is 9.24. The first-order chi connectivity index (χ1) is 5.83. The molecule has 3 heteroatoms. The van der Waals surface area contributed by atoms with Gasteiger partial charge < -0.3 is 10.8 Å². The molecule has 0 saturated heterocycles. The largest absolute Gasteiger partial charge is 0.393 e. The molecule has 0 unspecified atom stereocenters. The molecule has 1 fully saturated rings. The molecule has 3 N–H and O–H groups in total. The average Bonchev–Trinajstić information content (AvgIpc) is 2.09. The topological polar surface area (TPSA) is 58.6 Å². The van der Waals surface area contributed by atoms with Crippen molar-refractivity contribution in [3.05, 3.63) is 0 Å². The van der Waals surface area contributed by atoms with Crippen LogP contribution in [-0.2, 0) is 0 Å². The summed E-state index contributed by atoms with van der Waals surface area (Å²) in [5.74, 6) is 0.677. The van der Waals surface area contributed by atoms with Crippen LogP contribution in [0.4, 0.5) is 0 Å². The number of hydrogen-bond acceptors (Lipinski definition) is 3. The summed E-state index contributed by atoms with van der Waals surface area (Å²) in [6.45, 7) is 1.43. The van der Waals surface area contributed by atoms with Gasteiger partial charge >= 0.3 is 0 Å². The van der Waals surface area contributed by atoms with E-state index < -0.39 is 0 Å². The summed E-state index contributed by atoms with van der Waals surface area (Å²) < 4.78 is 0. The Morgan fingerprint density at radius 2 is 2.00 bits per heavy atom. The van der Waals surface area contributed by atoms with Gasteiger partial charge in [-0.25, -0.2) is 0 Å². The third-order valence-electron chi connectivity index (χ3n) is 2.41. The van der Waals surface area contributed by atoms with E-state index in [2.05, 4.69) is 4.99 Å². The van der Waals surface area contributed by atoms with Gasteiger partial charge in [-0.3, -0.25) is 4.99 Å². The van der Waals surface area contributed by atoms with E-state index in [1.807, 2.05) is 0 Å². The second-order valence-corrected chi connectivity index (χ2v) is 3.46. The number of aliphatic hydroxyl groups is 1. The molecule has 0 atom stereocenters. The van der Waals surface area contributed by atoms with Gasteiger partial charge in [0.1, 0.15) is 0 Å². The van der Waals surface area contributed by atoms with Gasteiger partial charge in [-0.15, -0.1) is 0 Å². The predicted molar refractivity (Wildman–Crippen MR) is 50.4 cm³/mol. The van der Waals surface area contributed by atoms with Crippen LogP contribution in [0.25, 0.3) is 0 Å². The number of nitrogens with zero attached hydrogens (tertiary/aromatic N) is 1. The zero-order valence-electron chi connectivity index (χ0n) is 7.45. The Balaban J connectivity index is 2.13. The number of aliphatic hydroxyl groups excluding tert-OH is 1. The van der Waals surface area contributed by atoms with E-state index in [4.69, 9.17) is 5.73 Å². The molecule has 0 radical (unpaired) electrons. The monoisotopic (exact) mass is 170 g/mol. The molecule has 0 aliphatic heterocycles. The Morgan fingerprint density at radius 1 is 1.33 bits per heavy atom. The maximum Gasteiger partial charge on any atom is 0.0540 e. The summed E-state index contributed by atoms with van der Waals surface area (Å²) in [5.41, 5.74) is 5.28. The Kier molecular flexibility index (Phi) is 4.25. The van der Waals surface area contributed by atoms with Gasteiger partial charge in [0.2, 0.25) is 0 Å². The van der Waals surface area contributed by atoms with Crippen LogP contribution in [-0.4, -0.2) is 30.5 Å². The second-order valence-electron chi connectivity index (χ2n) is 3.46. The molecule has 0 heterocycles. The van der Waals surface area contributed by atoms with Crippen LogP contribution >= 0.6 is 0 Å². The summed E-state index contributed by atoms with van der Waals surface area (Å²) >= 11 is 0. The van der Waals surface area contributed by atoms with Crippen LogP contribution < -0.4 is 5.73 Å². The van der Waals surface area contributed by atoms with Crippen molar-refractivity contribution in [3.8, 4) is 0 Å². The molecule has 3 nitrogen and oxygen atoms in total. The minimum absolute atomic E-state index is 0.0558. The van der Waals surface area contributed by atoms with Crippen LogP contribution in [0.2, 0.25) is 0 Å². The highest BCUT2D eigenvalue weighted by molar-refractivity contribution is 5.59. The second kappa shape index (κ2) is 5.27. The normalized spacial score (nSPS) is 31.2. The highest BCUT2D eigenvalue weighted by atomic mass is 16.3. The summed E-state index contributed by atoms with van der Waals surface area (Å²) in [4.78, 5) is 4.21. The van der Waals surface area contributed by atoms with Gasteiger partial charge in [0.15, 0.2) is 0 Å². The molecule has 0 aromatic carbocycles. The van der Waals surface area contributed by atoms with Crippen molar-refractivity contribution >= 4 is 6.21 Å². The van der Waals surface area contributed by atoms with E-state index in [1.54, 1.807) is 6.21 Å². The van der Waals surface area contributed by atoms with Gasteiger partial charge in [0, 0.05) is 19.3 Å². The fourth-order valence-electron chi connectivity index (χ4n) is 1.63. The highest BCUT2D eigenvalue weighted by Gasteiger charge is 2.18. The molecule has 12 heavy (non-hydrogen) atoms. The van der Waals surface area contributed by atoms with Crippen molar-refractivity contribution in [2.24, 2.45) is 16.6 Å². The average molecular weight is 170 g/mol. The zero-order chi connectivity index (χ0) is 8.81. The van der Waals surface area contributed by atoms with E-state index in [1.165, 1.54) is 0 Å². The first kappa shape index (κ1) is 9.68. The summed E-state index contributed by atoms with van der Waals surface area (Å²) in [6.07, 6.45) is 5.84. The summed E-state index contributed by atoms with van der Waals surface area (Å²) in [6, 6.07) is 0. The molecule has 0 aromatic heterocycles. The third-order valence-corrected chi connectivity index (χ3v) is 2.41. The summed E-state index contributed by atoms with van der Waals surface area (Å²) in [7, 11) is 0. The zero-order valence-corrected chi connectivity index (χ0v) is 7.45. The molecule has 0 spiro atoms. The highest BCUT2D eigenvalue weighted by Crippen LogP contribution is 2.23. The third kappa shape index (κ3) is 3.32. The van der Waals surface area contributed by atoms with E-state index in [9.17, 15) is 5.11 Å². The van der Waals surface area contributed by atoms with Crippen molar-refractivity contribution in [3.63, 3.8) is 0 Å². The maximum atomic E-state index is 9.24. The lowest BCUT2D eigenvalue weighted by atomic mass is 9.88. The van der Waals surface area contributed by atoms with Crippen LogP contribution in [0.1, 0.15) is 25.7 Å². The van der Waals surface area contributed by atoms with E-state index in [-0.39, 0.29) is 6.10 Å². The van der Waals surface area contributed by atoms with E-state index in [0.717, 1.165) is 32.2 Å². The molecule has 0 bridgehead atoms. The first-order valence-corrected chi connectivity index (χ1v) is 4.69. The summed E-state index contributed by atoms with van der Waals surface area (Å²) in [5, 5.41) is 9.24. The van der Waals surface area contributed by atoms with Gasteiger partial charge in [-0.1, -0.05) is 0 Å². The first-order valence-electron chi connectivity index (χ1n) is 4.69. The lowest BCUT2D eigenvalue weighted by molar-refractivity contribution is 0.110. The number of nitrogens with two attached hydrogens (primary N) is 1. The van der Waals surface area contributed by atoms with Gasteiger partial charge in [-0.2, -0.15) is 0 Å². The SMILES string of the molecule is NCC=NCC1CCC(O)CC1. The number of aliphatic imine (C=N–C) groups is 1. The van der Waals surface area contributed by atoms with Crippen molar-refractivity contribution in [1.29, 1.82) is 0 Å². The van der Waals surface area contributed by atoms with Gasteiger partial charge in [0.25, 0.3) is 0 Å². The van der Waals surface area contributed by atoms with Crippen LogP contribution in [0.3, 0.4) is 0 Å². The van der Waals surface area contributed by atoms with Crippen molar-refractivity contribution in [2.45, 2.75) is 31.8 Å².